The minimum absolute atomic E-state index is 0.212. The molecule has 0 aliphatic carbocycles. The average molecular weight is 157 g/mol. The topological polar surface area (TPSA) is 40.5 Å². The number of Topliss-reactive ketones (excluding diaryl/α,β-unsaturated/α-hetero) is 1. The highest BCUT2D eigenvalue weighted by Gasteiger charge is 2.21. The van der Waals surface area contributed by atoms with E-state index in [1.807, 2.05) is 0 Å². The van der Waals surface area contributed by atoms with E-state index >= 15 is 0 Å². The number of likely N-dealkylation sites (tertiary alicyclic amines) is 1. The van der Waals surface area contributed by atoms with Crippen molar-refractivity contribution < 1.29 is 9.90 Å². The van der Waals surface area contributed by atoms with Crippen molar-refractivity contribution in [3.8, 4) is 0 Å². The summed E-state index contributed by atoms with van der Waals surface area (Å²) in [6.07, 6.45) is 1.03. The average Bonchev–Trinajstić information content (AvgIpc) is 2.34. The Morgan fingerprint density at radius 2 is 2.45 bits per heavy atom. The molecule has 1 heterocycles. The number of aliphatic hydroxyl groups is 1. The van der Waals surface area contributed by atoms with Crippen LogP contribution in [0.1, 0.15) is 13.3 Å². The molecular weight excluding hydrogens is 142 g/mol. The zero-order valence-electron chi connectivity index (χ0n) is 6.92. The van der Waals surface area contributed by atoms with Crippen LogP contribution in [0.5, 0.6) is 0 Å². The van der Waals surface area contributed by atoms with E-state index in [9.17, 15) is 4.79 Å². The summed E-state index contributed by atoms with van der Waals surface area (Å²) in [7, 11) is 0. The van der Waals surface area contributed by atoms with Crippen LogP contribution in [0.3, 0.4) is 0 Å². The van der Waals surface area contributed by atoms with Crippen molar-refractivity contribution in [3.05, 3.63) is 0 Å². The van der Waals surface area contributed by atoms with Gasteiger partial charge >= 0.3 is 0 Å². The van der Waals surface area contributed by atoms with E-state index in [-0.39, 0.29) is 12.4 Å². The first-order valence-electron chi connectivity index (χ1n) is 4.05. The van der Waals surface area contributed by atoms with E-state index in [1.165, 1.54) is 0 Å². The molecule has 0 bridgehead atoms. The third kappa shape index (κ3) is 2.60. The molecule has 0 amide bonds. The van der Waals surface area contributed by atoms with Crippen molar-refractivity contribution in [2.24, 2.45) is 5.92 Å². The lowest BCUT2D eigenvalue weighted by Crippen LogP contribution is -2.26. The van der Waals surface area contributed by atoms with Gasteiger partial charge in [-0.2, -0.15) is 0 Å². The van der Waals surface area contributed by atoms with E-state index in [4.69, 9.17) is 5.11 Å². The highest BCUT2D eigenvalue weighted by molar-refractivity contribution is 5.77. The van der Waals surface area contributed by atoms with Gasteiger partial charge in [-0.3, -0.25) is 9.69 Å². The second-order valence-electron chi connectivity index (χ2n) is 3.27. The predicted molar refractivity (Wildman–Crippen MR) is 42.3 cm³/mol. The molecule has 0 unspecified atom stereocenters. The van der Waals surface area contributed by atoms with Gasteiger partial charge in [0.1, 0.15) is 5.78 Å². The molecule has 3 heteroatoms. The lowest BCUT2D eigenvalue weighted by Gasteiger charge is -2.12. The van der Waals surface area contributed by atoms with Crippen molar-refractivity contribution >= 4 is 5.78 Å². The summed E-state index contributed by atoms with van der Waals surface area (Å²) in [4.78, 5) is 12.8. The Morgan fingerprint density at radius 3 is 2.91 bits per heavy atom. The summed E-state index contributed by atoms with van der Waals surface area (Å²) in [6.45, 7) is 4.26. The molecule has 0 aromatic heterocycles. The fraction of sp³-hybridized carbons (Fsp3) is 0.875. The molecule has 1 atom stereocenters. The van der Waals surface area contributed by atoms with Gasteiger partial charge in [0, 0.05) is 13.2 Å². The Bertz CT molecular complexity index is 147. The first kappa shape index (κ1) is 8.68. The number of hydrogen-bond acceptors (Lipinski definition) is 3. The summed E-state index contributed by atoms with van der Waals surface area (Å²) >= 11 is 0. The molecule has 0 spiro atoms. The van der Waals surface area contributed by atoms with Crippen molar-refractivity contribution in [3.63, 3.8) is 0 Å². The van der Waals surface area contributed by atoms with E-state index in [0.29, 0.717) is 12.5 Å². The van der Waals surface area contributed by atoms with E-state index < -0.39 is 0 Å². The van der Waals surface area contributed by atoms with Crippen molar-refractivity contribution in [1.82, 2.24) is 4.90 Å². The van der Waals surface area contributed by atoms with Gasteiger partial charge in [0.2, 0.25) is 0 Å². The van der Waals surface area contributed by atoms with Crippen molar-refractivity contribution in [2.45, 2.75) is 13.3 Å². The van der Waals surface area contributed by atoms with Gasteiger partial charge in [0.05, 0.1) is 6.54 Å². The maximum absolute atomic E-state index is 10.7. The molecule has 1 aliphatic heterocycles. The number of carbonyl (C=O) groups excluding carboxylic acids is 1. The monoisotopic (exact) mass is 157 g/mol. The van der Waals surface area contributed by atoms with Gasteiger partial charge in [-0.15, -0.1) is 0 Å². The van der Waals surface area contributed by atoms with Crippen LogP contribution < -0.4 is 0 Å². The fourth-order valence-electron chi connectivity index (χ4n) is 1.52. The lowest BCUT2D eigenvalue weighted by molar-refractivity contribution is -0.117. The maximum atomic E-state index is 10.7. The Kier molecular flexibility index (Phi) is 3.02. The Labute approximate surface area is 67.0 Å². The summed E-state index contributed by atoms with van der Waals surface area (Å²) in [5.74, 6) is 0.609. The van der Waals surface area contributed by atoms with Crippen molar-refractivity contribution in [1.29, 1.82) is 0 Å². The molecule has 1 aliphatic rings. The van der Waals surface area contributed by atoms with E-state index in [0.717, 1.165) is 19.5 Å². The SMILES string of the molecule is CC(=O)CN1CC[C@H](CO)C1. The van der Waals surface area contributed by atoms with Gasteiger partial charge in [0.25, 0.3) is 0 Å². The minimum atomic E-state index is 0.212. The molecule has 0 aromatic carbocycles. The Balaban J connectivity index is 2.24. The van der Waals surface area contributed by atoms with Crippen molar-refractivity contribution in [2.75, 3.05) is 26.2 Å². The molecular formula is C8H15NO2. The number of hydrogen-bond donors (Lipinski definition) is 1. The summed E-state index contributed by atoms with van der Waals surface area (Å²) < 4.78 is 0. The van der Waals surface area contributed by atoms with Crippen LogP contribution in [0.4, 0.5) is 0 Å². The molecule has 64 valence electrons. The first-order chi connectivity index (χ1) is 5.22. The van der Waals surface area contributed by atoms with Gasteiger partial charge < -0.3 is 5.11 Å². The molecule has 11 heavy (non-hydrogen) atoms. The summed E-state index contributed by atoms with van der Waals surface area (Å²) in [5.41, 5.74) is 0. The highest BCUT2D eigenvalue weighted by atomic mass is 16.3. The number of carbonyl (C=O) groups is 1. The molecule has 3 nitrogen and oxygen atoms in total. The molecule has 0 radical (unpaired) electrons. The third-order valence-electron chi connectivity index (χ3n) is 2.07. The Hall–Kier alpha value is -0.410. The van der Waals surface area contributed by atoms with Crippen LogP contribution in [0.2, 0.25) is 0 Å². The van der Waals surface area contributed by atoms with E-state index in [1.54, 1.807) is 6.92 Å². The molecule has 0 saturated carbocycles. The standard InChI is InChI=1S/C8H15NO2/c1-7(11)4-9-3-2-8(5-9)6-10/h8,10H,2-6H2,1H3/t8-/m0/s1. The summed E-state index contributed by atoms with van der Waals surface area (Å²) in [5, 5.41) is 8.81. The quantitative estimate of drug-likeness (QED) is 0.621. The van der Waals surface area contributed by atoms with Gasteiger partial charge in [0.15, 0.2) is 0 Å². The normalized spacial score (nSPS) is 25.8. The molecule has 1 saturated heterocycles. The fourth-order valence-corrected chi connectivity index (χ4v) is 1.52. The van der Waals surface area contributed by atoms with E-state index in [2.05, 4.69) is 4.90 Å². The van der Waals surface area contributed by atoms with Crippen LogP contribution in [-0.2, 0) is 4.79 Å². The second kappa shape index (κ2) is 3.83. The number of ketones is 1. The number of nitrogens with zero attached hydrogens (tertiary/aromatic N) is 1. The largest absolute Gasteiger partial charge is 0.396 e. The highest BCUT2D eigenvalue weighted by Crippen LogP contribution is 2.14. The molecule has 1 N–H and O–H groups in total. The molecule has 1 fully saturated rings. The molecule has 1 rings (SSSR count). The number of rotatable bonds is 3. The van der Waals surface area contributed by atoms with Crippen LogP contribution in [0.15, 0.2) is 0 Å². The van der Waals surface area contributed by atoms with Gasteiger partial charge in [-0.25, -0.2) is 0 Å². The maximum Gasteiger partial charge on any atom is 0.143 e. The third-order valence-corrected chi connectivity index (χ3v) is 2.07. The smallest absolute Gasteiger partial charge is 0.143 e. The zero-order chi connectivity index (χ0) is 8.27. The first-order valence-corrected chi connectivity index (χ1v) is 4.05. The lowest BCUT2D eigenvalue weighted by atomic mass is 10.1. The second-order valence-corrected chi connectivity index (χ2v) is 3.27. The minimum Gasteiger partial charge on any atom is -0.396 e. The zero-order valence-corrected chi connectivity index (χ0v) is 6.92. The summed E-state index contributed by atoms with van der Waals surface area (Å²) in [6, 6.07) is 0. The van der Waals surface area contributed by atoms with Crippen LogP contribution in [-0.4, -0.2) is 42.0 Å². The van der Waals surface area contributed by atoms with Crippen LogP contribution in [0, 0.1) is 5.92 Å². The predicted octanol–water partition coefficient (Wildman–Crippen LogP) is -0.110. The van der Waals surface area contributed by atoms with Gasteiger partial charge in [-0.05, 0) is 25.8 Å². The van der Waals surface area contributed by atoms with Crippen LogP contribution in [0.25, 0.3) is 0 Å². The number of aliphatic hydroxyl groups excluding tert-OH is 1. The van der Waals surface area contributed by atoms with Gasteiger partial charge in [-0.1, -0.05) is 0 Å². The van der Waals surface area contributed by atoms with Crippen LogP contribution >= 0.6 is 0 Å². The molecule has 0 aromatic rings. The Morgan fingerprint density at radius 1 is 1.73 bits per heavy atom.